The molecular formula is C11H22. The largest absolute Gasteiger partial charge is 0.0628 e. The first kappa shape index (κ1) is 9.09. The SMILES string of the molecule is CC(C)CCC1CC[C@H](C)C1. The fourth-order valence-corrected chi connectivity index (χ4v) is 2.16. The van der Waals surface area contributed by atoms with Crippen LogP contribution in [0.15, 0.2) is 0 Å². The number of hydrogen-bond donors (Lipinski definition) is 0. The summed E-state index contributed by atoms with van der Waals surface area (Å²) in [6.07, 6.45) is 7.43. The van der Waals surface area contributed by atoms with E-state index in [1.54, 1.807) is 0 Å². The van der Waals surface area contributed by atoms with E-state index in [0.717, 1.165) is 17.8 Å². The van der Waals surface area contributed by atoms with Gasteiger partial charge in [-0.15, -0.1) is 0 Å². The van der Waals surface area contributed by atoms with E-state index in [0.29, 0.717) is 0 Å². The highest BCUT2D eigenvalue weighted by Crippen LogP contribution is 2.33. The highest BCUT2D eigenvalue weighted by atomic mass is 14.3. The zero-order chi connectivity index (χ0) is 8.27. The van der Waals surface area contributed by atoms with Gasteiger partial charge in [0.25, 0.3) is 0 Å². The highest BCUT2D eigenvalue weighted by Gasteiger charge is 2.20. The van der Waals surface area contributed by atoms with Crippen LogP contribution < -0.4 is 0 Å². The Morgan fingerprint density at radius 1 is 1.27 bits per heavy atom. The Bertz CT molecular complexity index is 105. The predicted molar refractivity (Wildman–Crippen MR) is 50.6 cm³/mol. The number of rotatable bonds is 3. The summed E-state index contributed by atoms with van der Waals surface area (Å²) in [6, 6.07) is 0. The van der Waals surface area contributed by atoms with Crippen molar-refractivity contribution in [2.75, 3.05) is 0 Å². The maximum Gasteiger partial charge on any atom is -0.0412 e. The zero-order valence-corrected chi connectivity index (χ0v) is 8.27. The van der Waals surface area contributed by atoms with Crippen LogP contribution in [0.3, 0.4) is 0 Å². The van der Waals surface area contributed by atoms with E-state index < -0.39 is 0 Å². The lowest BCUT2D eigenvalue weighted by Gasteiger charge is -2.10. The molecule has 0 aromatic rings. The van der Waals surface area contributed by atoms with Gasteiger partial charge in [-0.3, -0.25) is 0 Å². The monoisotopic (exact) mass is 154 g/mol. The minimum atomic E-state index is 0.908. The van der Waals surface area contributed by atoms with Crippen molar-refractivity contribution in [2.24, 2.45) is 17.8 Å². The summed E-state index contributed by atoms with van der Waals surface area (Å²) >= 11 is 0. The van der Waals surface area contributed by atoms with Crippen molar-refractivity contribution in [3.05, 3.63) is 0 Å². The Hall–Kier alpha value is 0. The lowest BCUT2D eigenvalue weighted by Crippen LogP contribution is -1.97. The third kappa shape index (κ3) is 3.27. The van der Waals surface area contributed by atoms with Crippen molar-refractivity contribution in [3.63, 3.8) is 0 Å². The third-order valence-corrected chi connectivity index (χ3v) is 2.96. The van der Waals surface area contributed by atoms with E-state index in [4.69, 9.17) is 0 Å². The first-order valence-corrected chi connectivity index (χ1v) is 5.18. The van der Waals surface area contributed by atoms with E-state index in [1.165, 1.54) is 32.1 Å². The van der Waals surface area contributed by atoms with Crippen LogP contribution in [0.2, 0.25) is 0 Å². The van der Waals surface area contributed by atoms with Gasteiger partial charge in [0.05, 0.1) is 0 Å². The predicted octanol–water partition coefficient (Wildman–Crippen LogP) is 3.86. The van der Waals surface area contributed by atoms with Crippen molar-refractivity contribution >= 4 is 0 Å². The molecule has 0 aliphatic heterocycles. The topological polar surface area (TPSA) is 0 Å². The Balaban J connectivity index is 2.08. The molecule has 0 nitrogen and oxygen atoms in total. The second-order valence-corrected chi connectivity index (χ2v) is 4.76. The van der Waals surface area contributed by atoms with Gasteiger partial charge in [0.1, 0.15) is 0 Å². The van der Waals surface area contributed by atoms with Gasteiger partial charge >= 0.3 is 0 Å². The summed E-state index contributed by atoms with van der Waals surface area (Å²) in [4.78, 5) is 0. The normalized spacial score (nSPS) is 31.6. The molecule has 0 saturated heterocycles. The lowest BCUT2D eigenvalue weighted by molar-refractivity contribution is 0.421. The quantitative estimate of drug-likeness (QED) is 0.579. The highest BCUT2D eigenvalue weighted by molar-refractivity contribution is 4.72. The van der Waals surface area contributed by atoms with Gasteiger partial charge in [0.15, 0.2) is 0 Å². The fourth-order valence-electron chi connectivity index (χ4n) is 2.16. The molecule has 1 aliphatic rings. The van der Waals surface area contributed by atoms with Crippen LogP contribution in [0.5, 0.6) is 0 Å². The van der Waals surface area contributed by atoms with Gasteiger partial charge in [-0.25, -0.2) is 0 Å². The van der Waals surface area contributed by atoms with Crippen molar-refractivity contribution in [2.45, 2.75) is 52.9 Å². The molecule has 1 fully saturated rings. The van der Waals surface area contributed by atoms with Crippen molar-refractivity contribution in [1.82, 2.24) is 0 Å². The van der Waals surface area contributed by atoms with Crippen molar-refractivity contribution in [3.8, 4) is 0 Å². The van der Waals surface area contributed by atoms with Crippen molar-refractivity contribution in [1.29, 1.82) is 0 Å². The van der Waals surface area contributed by atoms with Gasteiger partial charge < -0.3 is 0 Å². The molecule has 0 spiro atoms. The molecule has 0 heteroatoms. The van der Waals surface area contributed by atoms with Crippen LogP contribution in [0.25, 0.3) is 0 Å². The standard InChI is InChI=1S/C11H22/c1-9(2)4-6-11-7-5-10(3)8-11/h9-11H,4-8H2,1-3H3/t10-,11?/m0/s1. The summed E-state index contributed by atoms with van der Waals surface area (Å²) in [5.41, 5.74) is 0. The Morgan fingerprint density at radius 3 is 2.45 bits per heavy atom. The molecule has 0 amide bonds. The second-order valence-electron chi connectivity index (χ2n) is 4.76. The molecule has 1 saturated carbocycles. The van der Waals surface area contributed by atoms with E-state index in [9.17, 15) is 0 Å². The Kier molecular flexibility index (Phi) is 3.42. The summed E-state index contributed by atoms with van der Waals surface area (Å²) in [7, 11) is 0. The average Bonchev–Trinajstić information content (AvgIpc) is 2.31. The van der Waals surface area contributed by atoms with Gasteiger partial charge in [0, 0.05) is 0 Å². The Morgan fingerprint density at radius 2 is 2.00 bits per heavy atom. The van der Waals surface area contributed by atoms with Gasteiger partial charge in [-0.1, -0.05) is 46.5 Å². The van der Waals surface area contributed by atoms with Crippen LogP contribution in [0, 0.1) is 17.8 Å². The maximum absolute atomic E-state index is 2.40. The first-order chi connectivity index (χ1) is 5.18. The summed E-state index contributed by atoms with van der Waals surface area (Å²) < 4.78 is 0. The van der Waals surface area contributed by atoms with Crippen LogP contribution >= 0.6 is 0 Å². The van der Waals surface area contributed by atoms with Crippen LogP contribution in [-0.2, 0) is 0 Å². The molecular weight excluding hydrogens is 132 g/mol. The molecule has 0 radical (unpaired) electrons. The maximum atomic E-state index is 2.40. The van der Waals surface area contributed by atoms with Crippen LogP contribution in [0.1, 0.15) is 52.9 Å². The van der Waals surface area contributed by atoms with E-state index in [2.05, 4.69) is 20.8 Å². The molecule has 0 aromatic carbocycles. The fraction of sp³-hybridized carbons (Fsp3) is 1.00. The summed E-state index contributed by atoms with van der Waals surface area (Å²) in [5, 5.41) is 0. The van der Waals surface area contributed by atoms with Gasteiger partial charge in [0.2, 0.25) is 0 Å². The number of hydrogen-bond acceptors (Lipinski definition) is 0. The molecule has 1 unspecified atom stereocenters. The van der Waals surface area contributed by atoms with Gasteiger partial charge in [-0.2, -0.15) is 0 Å². The lowest BCUT2D eigenvalue weighted by atomic mass is 9.96. The minimum Gasteiger partial charge on any atom is -0.0628 e. The second kappa shape index (κ2) is 4.13. The zero-order valence-electron chi connectivity index (χ0n) is 8.27. The van der Waals surface area contributed by atoms with Crippen LogP contribution in [-0.4, -0.2) is 0 Å². The smallest absolute Gasteiger partial charge is 0.0412 e. The molecule has 66 valence electrons. The molecule has 0 aromatic heterocycles. The van der Waals surface area contributed by atoms with E-state index in [-0.39, 0.29) is 0 Å². The molecule has 11 heavy (non-hydrogen) atoms. The molecule has 2 atom stereocenters. The molecule has 1 rings (SSSR count). The molecule has 1 aliphatic carbocycles. The summed E-state index contributed by atoms with van der Waals surface area (Å²) in [6.45, 7) is 7.06. The summed E-state index contributed by atoms with van der Waals surface area (Å²) in [5.74, 6) is 3.01. The van der Waals surface area contributed by atoms with Crippen molar-refractivity contribution < 1.29 is 0 Å². The average molecular weight is 154 g/mol. The van der Waals surface area contributed by atoms with E-state index in [1.807, 2.05) is 0 Å². The molecule has 0 N–H and O–H groups in total. The Labute approximate surface area is 71.4 Å². The molecule has 0 heterocycles. The minimum absolute atomic E-state index is 0.908. The van der Waals surface area contributed by atoms with Gasteiger partial charge in [-0.05, 0) is 24.2 Å². The molecule has 0 bridgehead atoms. The van der Waals surface area contributed by atoms with E-state index >= 15 is 0 Å². The van der Waals surface area contributed by atoms with Crippen LogP contribution in [0.4, 0.5) is 0 Å². The third-order valence-electron chi connectivity index (χ3n) is 2.96. The first-order valence-electron chi connectivity index (χ1n) is 5.18.